The molecule has 0 aromatic heterocycles. The van der Waals surface area contributed by atoms with Crippen molar-refractivity contribution in [1.82, 2.24) is 0 Å². The van der Waals surface area contributed by atoms with Crippen LogP contribution in [-0.4, -0.2) is 0 Å². The van der Waals surface area contributed by atoms with Crippen LogP contribution in [0.15, 0.2) is 18.7 Å². The Morgan fingerprint density at radius 1 is 1.14 bits per heavy atom. The molecule has 0 saturated heterocycles. The number of anilines is 1. The number of aryl methyl sites for hydroxylation is 2. The second-order valence-corrected chi connectivity index (χ2v) is 3.30. The van der Waals surface area contributed by atoms with E-state index in [1.165, 1.54) is 5.56 Å². The summed E-state index contributed by atoms with van der Waals surface area (Å²) in [4.78, 5) is 0. The molecule has 0 aliphatic carbocycles. The fourth-order valence-electron chi connectivity index (χ4n) is 1.33. The summed E-state index contributed by atoms with van der Waals surface area (Å²) in [6.07, 6.45) is 0. The zero-order valence-electron chi connectivity index (χ0n) is 9.94. The van der Waals surface area contributed by atoms with Crippen molar-refractivity contribution in [3.8, 4) is 0 Å². The van der Waals surface area contributed by atoms with Gasteiger partial charge in [0.1, 0.15) is 0 Å². The van der Waals surface area contributed by atoms with Crippen molar-refractivity contribution >= 4 is 11.3 Å². The van der Waals surface area contributed by atoms with Crippen molar-refractivity contribution in [2.45, 2.75) is 34.6 Å². The summed E-state index contributed by atoms with van der Waals surface area (Å²) in [6, 6.07) is 4.09. The molecule has 0 fully saturated rings. The summed E-state index contributed by atoms with van der Waals surface area (Å²) < 4.78 is 0. The average Bonchev–Trinajstić information content (AvgIpc) is 2.14. The molecule has 0 bridgehead atoms. The van der Waals surface area contributed by atoms with Crippen LogP contribution in [0.2, 0.25) is 0 Å². The highest BCUT2D eigenvalue weighted by atomic mass is 14.6. The number of nitrogen functional groups attached to an aromatic ring is 1. The van der Waals surface area contributed by atoms with Gasteiger partial charge in [-0.3, -0.25) is 0 Å². The van der Waals surface area contributed by atoms with Crippen LogP contribution in [0.5, 0.6) is 0 Å². The Labute approximate surface area is 87.6 Å². The Bertz CT molecular complexity index is 324. The molecule has 2 N–H and O–H groups in total. The van der Waals surface area contributed by atoms with E-state index in [1.807, 2.05) is 33.8 Å². The van der Waals surface area contributed by atoms with E-state index >= 15 is 0 Å². The van der Waals surface area contributed by atoms with Crippen LogP contribution in [-0.2, 0) is 0 Å². The van der Waals surface area contributed by atoms with E-state index in [1.54, 1.807) is 0 Å². The first-order chi connectivity index (χ1) is 6.52. The summed E-state index contributed by atoms with van der Waals surface area (Å²) in [6.45, 7) is 14.0. The molecule has 1 rings (SSSR count). The Hall–Kier alpha value is -1.24. The van der Waals surface area contributed by atoms with Crippen molar-refractivity contribution in [2.75, 3.05) is 5.73 Å². The molecular formula is C13H21N. The first-order valence-electron chi connectivity index (χ1n) is 5.05. The van der Waals surface area contributed by atoms with Gasteiger partial charge in [0.05, 0.1) is 0 Å². The maximum Gasteiger partial charge on any atom is 0.0350 e. The number of benzene rings is 1. The molecule has 14 heavy (non-hydrogen) atoms. The molecule has 0 unspecified atom stereocenters. The molecule has 0 saturated carbocycles. The van der Waals surface area contributed by atoms with Gasteiger partial charge in [-0.1, -0.05) is 32.1 Å². The van der Waals surface area contributed by atoms with Crippen LogP contribution in [0.4, 0.5) is 5.69 Å². The van der Waals surface area contributed by atoms with Crippen LogP contribution in [0, 0.1) is 13.8 Å². The smallest absolute Gasteiger partial charge is 0.0350 e. The standard InChI is InChI=1S/C11H15N.C2H6/c1-7(2)10-6-11(12)9(4)5-8(10)3;1-2/h5-6H,1,12H2,2-4H3;1-2H3. The Morgan fingerprint density at radius 3 is 2.07 bits per heavy atom. The predicted octanol–water partition coefficient (Wildman–Crippen LogP) is 3.94. The molecule has 0 radical (unpaired) electrons. The highest BCUT2D eigenvalue weighted by Crippen LogP contribution is 2.22. The fraction of sp³-hybridized carbons (Fsp3) is 0.385. The molecule has 0 heterocycles. The van der Waals surface area contributed by atoms with Gasteiger partial charge in [-0.2, -0.15) is 0 Å². The lowest BCUT2D eigenvalue weighted by atomic mass is 9.99. The van der Waals surface area contributed by atoms with Crippen LogP contribution in [0.1, 0.15) is 37.5 Å². The van der Waals surface area contributed by atoms with Crippen molar-refractivity contribution in [2.24, 2.45) is 0 Å². The Kier molecular flexibility index (Phi) is 5.00. The molecule has 0 amide bonds. The maximum atomic E-state index is 5.79. The van der Waals surface area contributed by atoms with Gasteiger partial charge in [0.15, 0.2) is 0 Å². The van der Waals surface area contributed by atoms with E-state index in [0.717, 1.165) is 22.4 Å². The SMILES string of the molecule is C=C(C)c1cc(N)c(C)cc1C.CC. The maximum absolute atomic E-state index is 5.79. The third-order valence-corrected chi connectivity index (χ3v) is 2.07. The first kappa shape index (κ1) is 12.8. The summed E-state index contributed by atoms with van der Waals surface area (Å²) in [5, 5.41) is 0. The van der Waals surface area contributed by atoms with E-state index in [2.05, 4.69) is 19.6 Å². The largest absolute Gasteiger partial charge is 0.398 e. The van der Waals surface area contributed by atoms with Crippen molar-refractivity contribution in [1.29, 1.82) is 0 Å². The zero-order chi connectivity index (χ0) is 11.3. The van der Waals surface area contributed by atoms with Crippen LogP contribution in [0.25, 0.3) is 5.57 Å². The molecule has 1 aromatic carbocycles. The molecular weight excluding hydrogens is 170 g/mol. The minimum atomic E-state index is 0.846. The minimum absolute atomic E-state index is 0.846. The molecule has 1 aromatic rings. The first-order valence-corrected chi connectivity index (χ1v) is 5.05. The van der Waals surface area contributed by atoms with Crippen LogP contribution in [0.3, 0.4) is 0 Å². The van der Waals surface area contributed by atoms with Crippen LogP contribution >= 0.6 is 0 Å². The predicted molar refractivity (Wildman–Crippen MR) is 66.4 cm³/mol. The molecule has 0 spiro atoms. The number of rotatable bonds is 1. The Balaban J connectivity index is 0.000000791. The second-order valence-electron chi connectivity index (χ2n) is 3.30. The fourth-order valence-corrected chi connectivity index (χ4v) is 1.33. The zero-order valence-corrected chi connectivity index (χ0v) is 9.94. The van der Waals surface area contributed by atoms with Gasteiger partial charge < -0.3 is 5.73 Å². The summed E-state index contributed by atoms with van der Waals surface area (Å²) in [5.74, 6) is 0. The van der Waals surface area contributed by atoms with E-state index in [0.29, 0.717) is 0 Å². The van der Waals surface area contributed by atoms with Crippen LogP contribution < -0.4 is 5.73 Å². The van der Waals surface area contributed by atoms with Gasteiger partial charge in [0, 0.05) is 5.69 Å². The molecule has 0 aliphatic heterocycles. The van der Waals surface area contributed by atoms with E-state index in [4.69, 9.17) is 5.73 Å². The molecule has 0 aliphatic rings. The van der Waals surface area contributed by atoms with Gasteiger partial charge >= 0.3 is 0 Å². The highest BCUT2D eigenvalue weighted by molar-refractivity contribution is 5.69. The number of allylic oxidation sites excluding steroid dienone is 1. The summed E-state index contributed by atoms with van der Waals surface area (Å²) in [5.41, 5.74) is 11.2. The Morgan fingerprint density at radius 2 is 1.64 bits per heavy atom. The third-order valence-electron chi connectivity index (χ3n) is 2.07. The quantitative estimate of drug-likeness (QED) is 0.668. The van der Waals surface area contributed by atoms with Gasteiger partial charge in [0.25, 0.3) is 0 Å². The van der Waals surface area contributed by atoms with Gasteiger partial charge in [-0.25, -0.2) is 0 Å². The lowest BCUT2D eigenvalue weighted by Crippen LogP contribution is -1.94. The average molecular weight is 191 g/mol. The lowest BCUT2D eigenvalue weighted by Gasteiger charge is -2.08. The summed E-state index contributed by atoms with van der Waals surface area (Å²) in [7, 11) is 0. The summed E-state index contributed by atoms with van der Waals surface area (Å²) >= 11 is 0. The highest BCUT2D eigenvalue weighted by Gasteiger charge is 2.01. The minimum Gasteiger partial charge on any atom is -0.398 e. The number of hydrogen-bond acceptors (Lipinski definition) is 1. The van der Waals surface area contributed by atoms with Crippen molar-refractivity contribution < 1.29 is 0 Å². The van der Waals surface area contributed by atoms with Gasteiger partial charge in [0.2, 0.25) is 0 Å². The lowest BCUT2D eigenvalue weighted by molar-refractivity contribution is 1.35. The topological polar surface area (TPSA) is 26.0 Å². The molecule has 78 valence electrons. The molecule has 1 nitrogen and oxygen atoms in total. The van der Waals surface area contributed by atoms with Gasteiger partial charge in [-0.15, -0.1) is 0 Å². The normalized spacial score (nSPS) is 8.93. The number of hydrogen-bond donors (Lipinski definition) is 1. The van der Waals surface area contributed by atoms with E-state index in [-0.39, 0.29) is 0 Å². The monoisotopic (exact) mass is 191 g/mol. The van der Waals surface area contributed by atoms with Crippen molar-refractivity contribution in [3.63, 3.8) is 0 Å². The van der Waals surface area contributed by atoms with Crippen molar-refractivity contribution in [3.05, 3.63) is 35.4 Å². The molecule has 0 atom stereocenters. The van der Waals surface area contributed by atoms with Gasteiger partial charge in [-0.05, 0) is 43.5 Å². The number of nitrogens with two attached hydrogens (primary N) is 1. The second kappa shape index (κ2) is 5.48. The molecule has 1 heteroatoms. The van der Waals surface area contributed by atoms with E-state index in [9.17, 15) is 0 Å². The third kappa shape index (κ3) is 2.91. The van der Waals surface area contributed by atoms with E-state index < -0.39 is 0 Å².